The Labute approximate surface area is 272 Å². The number of allylic oxidation sites excluding steroid dienone is 3. The zero-order valence-electron chi connectivity index (χ0n) is 26.9. The number of benzene rings is 2. The molecule has 0 aromatic heterocycles. The minimum atomic E-state index is -0.434. The van der Waals surface area contributed by atoms with E-state index in [-0.39, 0.29) is 29.8 Å². The lowest BCUT2D eigenvalue weighted by molar-refractivity contribution is -0.0568. The highest BCUT2D eigenvalue weighted by Gasteiger charge is 2.34. The molecule has 5 nitrogen and oxygen atoms in total. The lowest BCUT2D eigenvalue weighted by Crippen LogP contribution is -2.41. The van der Waals surface area contributed by atoms with Crippen LogP contribution in [0.3, 0.4) is 0 Å². The van der Waals surface area contributed by atoms with E-state index in [9.17, 15) is 13.9 Å². The van der Waals surface area contributed by atoms with E-state index in [4.69, 9.17) is 14.2 Å². The molecule has 6 atom stereocenters. The molecule has 0 bridgehead atoms. The smallest absolute Gasteiger partial charge is 0.129 e. The van der Waals surface area contributed by atoms with Crippen LogP contribution in [0.2, 0.25) is 0 Å². The second kappa shape index (κ2) is 16.6. The van der Waals surface area contributed by atoms with Gasteiger partial charge in [0.2, 0.25) is 0 Å². The van der Waals surface area contributed by atoms with Crippen molar-refractivity contribution in [3.63, 3.8) is 0 Å². The van der Waals surface area contributed by atoms with E-state index in [0.29, 0.717) is 31.4 Å². The van der Waals surface area contributed by atoms with E-state index in [2.05, 4.69) is 55.2 Å². The Hall–Kier alpha value is -2.23. The fourth-order valence-electron chi connectivity index (χ4n) is 6.90. The van der Waals surface area contributed by atoms with Crippen molar-refractivity contribution in [3.05, 3.63) is 88.5 Å². The number of hydrogen-bond donors (Lipinski definition) is 1. The Kier molecular flexibility index (Phi) is 12.5. The highest BCUT2D eigenvalue weighted by atomic mass is 32.2. The quantitative estimate of drug-likeness (QED) is 0.236. The Morgan fingerprint density at radius 1 is 1.04 bits per heavy atom. The van der Waals surface area contributed by atoms with Crippen molar-refractivity contribution in [2.24, 2.45) is 0 Å². The van der Waals surface area contributed by atoms with Crippen LogP contribution in [-0.2, 0) is 15.9 Å². The number of aliphatic hydroxyl groups excluding tert-OH is 1. The third-order valence-corrected chi connectivity index (χ3v) is 10.2. The van der Waals surface area contributed by atoms with Crippen LogP contribution in [0.4, 0.5) is 8.78 Å². The summed E-state index contributed by atoms with van der Waals surface area (Å²) in [6, 6.07) is 12.3. The Morgan fingerprint density at radius 2 is 1.87 bits per heavy atom. The summed E-state index contributed by atoms with van der Waals surface area (Å²) < 4.78 is 46.5. The molecule has 246 valence electrons. The van der Waals surface area contributed by atoms with E-state index < -0.39 is 17.7 Å². The number of rotatable bonds is 12. The SMILES string of the molecule is CC/C=C(CC)\C(=C/CC1CC(O)CC(SC)O1)Cc1ccc(OC2CCN(C3CCC(c4cc(F)ccc4F)OC3)C2)cc1. The number of aliphatic hydroxyl groups is 1. The molecule has 3 aliphatic heterocycles. The molecule has 0 radical (unpaired) electrons. The first-order chi connectivity index (χ1) is 21.8. The van der Waals surface area contributed by atoms with Crippen LogP contribution in [0.1, 0.15) is 82.4 Å². The zero-order valence-corrected chi connectivity index (χ0v) is 27.7. The largest absolute Gasteiger partial charge is 0.489 e. The van der Waals surface area contributed by atoms with Crippen LogP contribution in [-0.4, -0.2) is 65.7 Å². The molecule has 3 saturated heterocycles. The third-order valence-electron chi connectivity index (χ3n) is 9.35. The fourth-order valence-corrected chi connectivity index (χ4v) is 7.59. The second-order valence-corrected chi connectivity index (χ2v) is 13.6. The summed E-state index contributed by atoms with van der Waals surface area (Å²) >= 11 is 1.67. The van der Waals surface area contributed by atoms with Gasteiger partial charge < -0.3 is 19.3 Å². The summed E-state index contributed by atoms with van der Waals surface area (Å²) in [4.78, 5) is 2.41. The van der Waals surface area contributed by atoms with Gasteiger partial charge in [-0.1, -0.05) is 38.1 Å². The van der Waals surface area contributed by atoms with Crippen molar-refractivity contribution in [2.45, 2.75) is 108 Å². The molecule has 3 heterocycles. The standard InChI is InChI=1S/C37H49F2NO4S/c1-4-6-26(5-2)27(9-14-32-21-30(41)22-37(44-32)45-3)19-25-7-12-31(13-8-25)43-33-17-18-40(23-33)29-11-16-36(42-24-29)34-20-28(38)10-15-35(34)39/h6-10,12-13,15,20,29-30,32-33,36-37,41H,4-5,11,14,16-19,21-24H2,1-3H3/b26-6-,27-9-. The molecule has 2 aromatic carbocycles. The molecular formula is C37H49F2NO4S. The first-order valence-corrected chi connectivity index (χ1v) is 17.9. The average molecular weight is 642 g/mol. The second-order valence-electron chi connectivity index (χ2n) is 12.6. The summed E-state index contributed by atoms with van der Waals surface area (Å²) in [6.07, 6.45) is 13.7. The monoisotopic (exact) mass is 641 g/mol. The summed E-state index contributed by atoms with van der Waals surface area (Å²) in [5.74, 6) is 0.0385. The van der Waals surface area contributed by atoms with Crippen molar-refractivity contribution in [3.8, 4) is 5.75 Å². The van der Waals surface area contributed by atoms with E-state index in [1.165, 1.54) is 28.8 Å². The first-order valence-electron chi connectivity index (χ1n) is 16.7. The predicted octanol–water partition coefficient (Wildman–Crippen LogP) is 8.17. The summed E-state index contributed by atoms with van der Waals surface area (Å²) in [5.41, 5.74) is 4.33. The van der Waals surface area contributed by atoms with Crippen molar-refractivity contribution in [1.29, 1.82) is 0 Å². The number of likely N-dealkylation sites (tertiary alicyclic amines) is 1. The maximum absolute atomic E-state index is 14.2. The molecule has 6 unspecified atom stereocenters. The van der Waals surface area contributed by atoms with E-state index in [1.54, 1.807) is 11.8 Å². The van der Waals surface area contributed by atoms with E-state index in [1.807, 2.05) is 6.26 Å². The number of hydrogen-bond acceptors (Lipinski definition) is 6. The van der Waals surface area contributed by atoms with Gasteiger partial charge in [-0.3, -0.25) is 4.90 Å². The van der Waals surface area contributed by atoms with Gasteiger partial charge in [0.05, 0.1) is 24.9 Å². The molecule has 3 aliphatic rings. The molecule has 1 N–H and O–H groups in total. The van der Waals surface area contributed by atoms with Gasteiger partial charge in [-0.2, -0.15) is 0 Å². The van der Waals surface area contributed by atoms with Crippen LogP contribution in [0.25, 0.3) is 0 Å². The molecular weight excluding hydrogens is 592 g/mol. The maximum Gasteiger partial charge on any atom is 0.129 e. The number of thioether (sulfide) groups is 1. The van der Waals surface area contributed by atoms with Crippen molar-refractivity contribution < 1.29 is 28.1 Å². The summed E-state index contributed by atoms with van der Waals surface area (Å²) in [6.45, 7) is 6.67. The zero-order chi connectivity index (χ0) is 31.8. The Morgan fingerprint density at radius 3 is 2.58 bits per heavy atom. The van der Waals surface area contributed by atoms with Gasteiger partial charge in [-0.25, -0.2) is 8.78 Å². The molecule has 0 aliphatic carbocycles. The lowest BCUT2D eigenvalue weighted by Gasteiger charge is -2.35. The van der Waals surface area contributed by atoms with Crippen LogP contribution in [0.5, 0.6) is 5.75 Å². The van der Waals surface area contributed by atoms with Crippen molar-refractivity contribution in [1.82, 2.24) is 4.90 Å². The molecule has 0 saturated carbocycles. The highest BCUT2D eigenvalue weighted by Crippen LogP contribution is 2.34. The first kappa shape index (κ1) is 34.1. The van der Waals surface area contributed by atoms with Crippen molar-refractivity contribution in [2.75, 3.05) is 26.0 Å². The lowest BCUT2D eigenvalue weighted by atomic mass is 9.93. The van der Waals surface area contributed by atoms with Gasteiger partial charge in [0.15, 0.2) is 0 Å². The fraction of sp³-hybridized carbons (Fsp3) is 0.568. The normalized spacial score (nSPS) is 28.4. The minimum Gasteiger partial charge on any atom is -0.489 e. The molecule has 8 heteroatoms. The minimum absolute atomic E-state index is 0.0423. The third kappa shape index (κ3) is 9.41. The van der Waals surface area contributed by atoms with Crippen LogP contribution < -0.4 is 4.74 Å². The Bertz CT molecular complexity index is 1290. The molecule has 2 aromatic rings. The van der Waals surface area contributed by atoms with E-state index in [0.717, 1.165) is 63.4 Å². The van der Waals surface area contributed by atoms with Gasteiger partial charge in [-0.15, -0.1) is 11.8 Å². The van der Waals surface area contributed by atoms with Crippen LogP contribution in [0.15, 0.2) is 65.8 Å². The number of nitrogens with zero attached hydrogens (tertiary/aromatic N) is 1. The molecule has 45 heavy (non-hydrogen) atoms. The van der Waals surface area contributed by atoms with Gasteiger partial charge in [0, 0.05) is 31.1 Å². The van der Waals surface area contributed by atoms with Crippen LogP contribution >= 0.6 is 11.8 Å². The van der Waals surface area contributed by atoms with Crippen molar-refractivity contribution >= 4 is 11.8 Å². The van der Waals surface area contributed by atoms with Gasteiger partial charge in [0.1, 0.15) is 28.9 Å². The number of halogens is 2. The average Bonchev–Trinajstić information content (AvgIpc) is 3.52. The topological polar surface area (TPSA) is 51.2 Å². The Balaban J connectivity index is 1.13. The highest BCUT2D eigenvalue weighted by molar-refractivity contribution is 7.99. The summed E-state index contributed by atoms with van der Waals surface area (Å²) in [5, 5.41) is 10.3. The number of ether oxygens (including phenoxy) is 3. The molecule has 5 rings (SSSR count). The molecule has 0 amide bonds. The van der Waals surface area contributed by atoms with Gasteiger partial charge >= 0.3 is 0 Å². The predicted molar refractivity (Wildman–Crippen MR) is 178 cm³/mol. The molecule has 3 fully saturated rings. The maximum atomic E-state index is 14.2. The van der Waals surface area contributed by atoms with Gasteiger partial charge in [0.25, 0.3) is 0 Å². The van der Waals surface area contributed by atoms with Crippen LogP contribution in [0, 0.1) is 11.6 Å². The molecule has 0 spiro atoms. The van der Waals surface area contributed by atoms with Gasteiger partial charge in [-0.05, 0) is 105 Å². The summed E-state index contributed by atoms with van der Waals surface area (Å²) in [7, 11) is 0. The van der Waals surface area contributed by atoms with E-state index >= 15 is 0 Å².